The minimum Gasteiger partial charge on any atom is -0.443 e. The number of hydrogen-bond donors (Lipinski definition) is 0. The van der Waals surface area contributed by atoms with Crippen LogP contribution in [-0.4, -0.2) is 31.9 Å². The zero-order valence-corrected chi connectivity index (χ0v) is 15.7. The van der Waals surface area contributed by atoms with Crippen molar-refractivity contribution in [3.8, 4) is 0 Å². The molecule has 0 aliphatic carbocycles. The molecule has 1 saturated heterocycles. The van der Waals surface area contributed by atoms with E-state index < -0.39 is 0 Å². The molecular weight excluding hydrogens is 364 g/mol. The maximum absolute atomic E-state index is 12.8. The van der Waals surface area contributed by atoms with Crippen molar-refractivity contribution < 1.29 is 9.21 Å². The Morgan fingerprint density at radius 3 is 3.00 bits per heavy atom. The van der Waals surface area contributed by atoms with Gasteiger partial charge in [-0.05, 0) is 30.9 Å². The van der Waals surface area contributed by atoms with Gasteiger partial charge >= 0.3 is 0 Å². The van der Waals surface area contributed by atoms with Crippen molar-refractivity contribution in [3.63, 3.8) is 0 Å². The highest BCUT2D eigenvalue weighted by Gasteiger charge is 2.31. The van der Waals surface area contributed by atoms with Crippen LogP contribution in [-0.2, 0) is 17.8 Å². The normalized spacial score (nSPS) is 17.2. The van der Waals surface area contributed by atoms with E-state index in [0.29, 0.717) is 17.3 Å². The maximum Gasteiger partial charge on any atom is 0.243 e. The summed E-state index contributed by atoms with van der Waals surface area (Å²) in [5, 5.41) is 0.713. The first-order chi connectivity index (χ1) is 13.2. The number of benzene rings is 1. The van der Waals surface area contributed by atoms with Crippen molar-refractivity contribution in [2.45, 2.75) is 38.3 Å². The van der Waals surface area contributed by atoms with Gasteiger partial charge in [-0.3, -0.25) is 4.79 Å². The van der Waals surface area contributed by atoms with E-state index in [1.807, 2.05) is 29.2 Å². The molecule has 0 N–H and O–H groups in total. The Hall–Kier alpha value is -2.60. The van der Waals surface area contributed by atoms with Crippen LogP contribution in [0.5, 0.6) is 0 Å². The Kier molecular flexibility index (Phi) is 5.25. The molecule has 0 unspecified atom stereocenters. The predicted molar refractivity (Wildman–Crippen MR) is 101 cm³/mol. The molecule has 140 valence electrons. The number of piperidine rings is 1. The number of imidazole rings is 1. The summed E-state index contributed by atoms with van der Waals surface area (Å²) in [5.41, 5.74) is 0.999. The number of nitrogens with zero attached hydrogens (tertiary/aromatic N) is 4. The monoisotopic (exact) mass is 384 g/mol. The van der Waals surface area contributed by atoms with Crippen LogP contribution in [0.2, 0.25) is 5.02 Å². The summed E-state index contributed by atoms with van der Waals surface area (Å²) >= 11 is 6.24. The smallest absolute Gasteiger partial charge is 0.243 e. The molecule has 1 amide bonds. The van der Waals surface area contributed by atoms with Gasteiger partial charge in [-0.2, -0.15) is 0 Å². The molecule has 2 aromatic heterocycles. The minimum atomic E-state index is -0.116. The number of likely N-dealkylation sites (tertiary alicyclic amines) is 1. The van der Waals surface area contributed by atoms with Crippen LogP contribution in [0, 0.1) is 0 Å². The van der Waals surface area contributed by atoms with Gasteiger partial charge in [-0.15, -0.1) is 0 Å². The summed E-state index contributed by atoms with van der Waals surface area (Å²) in [6.45, 7) is 1.00. The van der Waals surface area contributed by atoms with Crippen molar-refractivity contribution in [1.29, 1.82) is 0 Å². The van der Waals surface area contributed by atoms with Crippen molar-refractivity contribution in [2.24, 2.45) is 0 Å². The standard InChI is InChI=1S/C20H21ClN4O2/c21-17-6-2-1-5-15(17)11-16-12-23-20(27-16)18-7-3-4-9-25(18)19(26)13-24-10-8-22-14-24/h1-2,5-6,8,10,12,14,18H,3-4,7,9,11,13H2/t18-/m1/s1. The molecule has 7 heteroatoms. The Labute approximate surface area is 162 Å². The Morgan fingerprint density at radius 1 is 1.30 bits per heavy atom. The van der Waals surface area contributed by atoms with Crippen LogP contribution < -0.4 is 0 Å². The summed E-state index contributed by atoms with van der Waals surface area (Å²) in [4.78, 5) is 23.1. The lowest BCUT2D eigenvalue weighted by Crippen LogP contribution is -2.40. The fourth-order valence-corrected chi connectivity index (χ4v) is 3.70. The van der Waals surface area contributed by atoms with Gasteiger partial charge in [0, 0.05) is 30.4 Å². The Balaban J connectivity index is 1.50. The first-order valence-corrected chi connectivity index (χ1v) is 9.52. The lowest BCUT2D eigenvalue weighted by Gasteiger charge is -2.33. The van der Waals surface area contributed by atoms with Crippen LogP contribution in [0.15, 0.2) is 53.6 Å². The molecule has 1 fully saturated rings. The van der Waals surface area contributed by atoms with Gasteiger partial charge in [-0.25, -0.2) is 9.97 Å². The quantitative estimate of drug-likeness (QED) is 0.669. The molecule has 1 aliphatic heterocycles. The van der Waals surface area contributed by atoms with Crippen molar-refractivity contribution in [2.75, 3.05) is 6.54 Å². The third-order valence-corrected chi connectivity index (χ3v) is 5.25. The number of carbonyl (C=O) groups is 1. The van der Waals surface area contributed by atoms with Crippen LogP contribution in [0.25, 0.3) is 0 Å². The van der Waals surface area contributed by atoms with Gasteiger partial charge in [0.15, 0.2) is 0 Å². The molecule has 1 atom stereocenters. The van der Waals surface area contributed by atoms with Gasteiger partial charge in [0.2, 0.25) is 11.8 Å². The zero-order chi connectivity index (χ0) is 18.6. The molecule has 0 spiro atoms. The topological polar surface area (TPSA) is 64.2 Å². The highest BCUT2D eigenvalue weighted by Crippen LogP contribution is 2.31. The summed E-state index contributed by atoms with van der Waals surface area (Å²) in [5.74, 6) is 1.42. The molecule has 27 heavy (non-hydrogen) atoms. The number of halogens is 1. The number of carbonyl (C=O) groups excluding carboxylic acids is 1. The van der Waals surface area contributed by atoms with Gasteiger partial charge in [0.1, 0.15) is 18.3 Å². The van der Waals surface area contributed by atoms with Crippen LogP contribution in [0.3, 0.4) is 0 Å². The summed E-state index contributed by atoms with van der Waals surface area (Å²) < 4.78 is 7.80. The van der Waals surface area contributed by atoms with E-state index in [4.69, 9.17) is 16.0 Å². The summed E-state index contributed by atoms with van der Waals surface area (Å²) in [7, 11) is 0. The first-order valence-electron chi connectivity index (χ1n) is 9.14. The van der Waals surface area contributed by atoms with Crippen molar-refractivity contribution >= 4 is 17.5 Å². The van der Waals surface area contributed by atoms with Gasteiger partial charge in [0.25, 0.3) is 0 Å². The second kappa shape index (κ2) is 7.96. The van der Waals surface area contributed by atoms with E-state index >= 15 is 0 Å². The molecule has 3 heterocycles. The van der Waals surface area contributed by atoms with Gasteiger partial charge < -0.3 is 13.9 Å². The summed E-state index contributed by atoms with van der Waals surface area (Å²) in [6, 6.07) is 7.59. The highest BCUT2D eigenvalue weighted by atomic mass is 35.5. The number of aromatic nitrogens is 3. The molecule has 0 saturated carbocycles. The molecule has 0 radical (unpaired) electrons. The maximum atomic E-state index is 12.8. The first kappa shape index (κ1) is 17.8. The summed E-state index contributed by atoms with van der Waals surface area (Å²) in [6.07, 6.45) is 10.4. The zero-order valence-electron chi connectivity index (χ0n) is 14.9. The van der Waals surface area contributed by atoms with E-state index in [0.717, 1.165) is 37.1 Å². The molecular formula is C20H21ClN4O2. The van der Waals surface area contributed by atoms with Crippen LogP contribution in [0.1, 0.15) is 42.5 Å². The van der Waals surface area contributed by atoms with Crippen LogP contribution >= 0.6 is 11.6 Å². The third-order valence-electron chi connectivity index (χ3n) is 4.88. The molecule has 4 rings (SSSR count). The van der Waals surface area contributed by atoms with E-state index in [1.54, 1.807) is 29.5 Å². The largest absolute Gasteiger partial charge is 0.443 e. The molecule has 0 bridgehead atoms. The minimum absolute atomic E-state index is 0.0588. The van der Waals surface area contributed by atoms with Crippen molar-refractivity contribution in [3.05, 3.63) is 71.4 Å². The van der Waals surface area contributed by atoms with Crippen LogP contribution in [0.4, 0.5) is 0 Å². The number of rotatable bonds is 5. The molecule has 6 nitrogen and oxygen atoms in total. The molecule has 1 aliphatic rings. The predicted octanol–water partition coefficient (Wildman–Crippen LogP) is 3.87. The van der Waals surface area contributed by atoms with Gasteiger partial charge in [-0.1, -0.05) is 29.8 Å². The van der Waals surface area contributed by atoms with E-state index in [2.05, 4.69) is 9.97 Å². The van der Waals surface area contributed by atoms with E-state index in [9.17, 15) is 4.79 Å². The average molecular weight is 385 g/mol. The second-order valence-corrected chi connectivity index (χ2v) is 7.17. The lowest BCUT2D eigenvalue weighted by molar-refractivity contribution is -0.136. The number of amides is 1. The Bertz CT molecular complexity index is 906. The van der Waals surface area contributed by atoms with E-state index in [1.165, 1.54) is 0 Å². The SMILES string of the molecule is O=C(Cn1ccnc1)N1CCCC[C@@H]1c1ncc(Cc2ccccc2Cl)o1. The van der Waals surface area contributed by atoms with Crippen molar-refractivity contribution in [1.82, 2.24) is 19.4 Å². The molecule has 1 aromatic carbocycles. The number of oxazole rings is 1. The third kappa shape index (κ3) is 4.06. The average Bonchev–Trinajstić information content (AvgIpc) is 3.36. The van der Waals surface area contributed by atoms with Gasteiger partial charge in [0.05, 0.1) is 12.5 Å². The second-order valence-electron chi connectivity index (χ2n) is 6.77. The highest BCUT2D eigenvalue weighted by molar-refractivity contribution is 6.31. The lowest BCUT2D eigenvalue weighted by atomic mass is 10.0. The Morgan fingerprint density at radius 2 is 2.19 bits per heavy atom. The number of hydrogen-bond acceptors (Lipinski definition) is 4. The molecule has 3 aromatic rings. The fourth-order valence-electron chi connectivity index (χ4n) is 3.50. The fraction of sp³-hybridized carbons (Fsp3) is 0.350. The van der Waals surface area contributed by atoms with E-state index in [-0.39, 0.29) is 18.5 Å².